The molecule has 0 fully saturated rings. The van der Waals surface area contributed by atoms with E-state index < -0.39 is 0 Å². The van der Waals surface area contributed by atoms with Crippen LogP contribution in [0.1, 0.15) is 12.0 Å². The lowest BCUT2D eigenvalue weighted by Crippen LogP contribution is -2.03. The number of aromatic nitrogens is 3. The first-order valence-electron chi connectivity index (χ1n) is 6.87. The fourth-order valence-electron chi connectivity index (χ4n) is 2.03. The lowest BCUT2D eigenvalue weighted by molar-refractivity contribution is 1.07. The van der Waals surface area contributed by atoms with Crippen LogP contribution in [0.15, 0.2) is 48.9 Å². The molecule has 5 heteroatoms. The van der Waals surface area contributed by atoms with E-state index in [0.717, 1.165) is 22.3 Å². The lowest BCUT2D eigenvalue weighted by atomic mass is 10.2. The SMILES string of the molecule is Clc1ncccc1C#CCCNc1ncnc2ccccc12. The summed E-state index contributed by atoms with van der Waals surface area (Å²) in [5.41, 5.74) is 1.67. The normalized spacial score (nSPS) is 10.0. The van der Waals surface area contributed by atoms with Gasteiger partial charge in [0.15, 0.2) is 0 Å². The summed E-state index contributed by atoms with van der Waals surface area (Å²) in [7, 11) is 0. The highest BCUT2D eigenvalue weighted by Gasteiger charge is 2.01. The molecule has 0 saturated carbocycles. The third-order valence-electron chi connectivity index (χ3n) is 3.07. The number of nitrogens with zero attached hydrogens (tertiary/aromatic N) is 3. The number of nitrogens with one attached hydrogen (secondary N) is 1. The first-order valence-corrected chi connectivity index (χ1v) is 7.25. The van der Waals surface area contributed by atoms with Gasteiger partial charge < -0.3 is 5.32 Å². The molecule has 2 aromatic heterocycles. The maximum Gasteiger partial charge on any atom is 0.144 e. The zero-order chi connectivity index (χ0) is 15.2. The van der Waals surface area contributed by atoms with E-state index in [4.69, 9.17) is 11.6 Å². The molecule has 22 heavy (non-hydrogen) atoms. The van der Waals surface area contributed by atoms with Gasteiger partial charge in [0.05, 0.1) is 11.1 Å². The molecule has 1 N–H and O–H groups in total. The monoisotopic (exact) mass is 308 g/mol. The van der Waals surface area contributed by atoms with Gasteiger partial charge in [0.25, 0.3) is 0 Å². The molecule has 0 radical (unpaired) electrons. The topological polar surface area (TPSA) is 50.7 Å². The maximum atomic E-state index is 5.95. The molecule has 1 aromatic carbocycles. The van der Waals surface area contributed by atoms with Crippen LogP contribution < -0.4 is 5.32 Å². The standard InChI is InChI=1S/C17H13ClN4/c18-16-13(7-5-11-19-16)6-3-4-10-20-17-14-8-1-2-9-15(14)21-12-22-17/h1-2,5,7-9,11-12H,4,10H2,(H,20,21,22). The molecule has 0 bridgehead atoms. The molecule has 0 aliphatic carbocycles. The number of para-hydroxylation sites is 1. The molecule has 2 heterocycles. The first-order chi connectivity index (χ1) is 10.8. The number of fused-ring (bicyclic) bond motifs is 1. The van der Waals surface area contributed by atoms with E-state index in [1.54, 1.807) is 12.5 Å². The van der Waals surface area contributed by atoms with E-state index in [1.165, 1.54) is 0 Å². The largest absolute Gasteiger partial charge is 0.368 e. The average Bonchev–Trinajstić information content (AvgIpc) is 2.56. The molecule has 4 nitrogen and oxygen atoms in total. The minimum atomic E-state index is 0.435. The first kappa shape index (κ1) is 14.3. The van der Waals surface area contributed by atoms with Crippen molar-refractivity contribution in [3.63, 3.8) is 0 Å². The number of hydrogen-bond donors (Lipinski definition) is 1. The van der Waals surface area contributed by atoms with E-state index in [2.05, 4.69) is 32.1 Å². The zero-order valence-electron chi connectivity index (χ0n) is 11.8. The number of anilines is 1. The van der Waals surface area contributed by atoms with Crippen LogP contribution >= 0.6 is 11.6 Å². The Bertz CT molecular complexity index is 846. The van der Waals surface area contributed by atoms with Crippen molar-refractivity contribution in [2.24, 2.45) is 0 Å². The predicted octanol–water partition coefficient (Wildman–Crippen LogP) is 3.53. The Morgan fingerprint density at radius 1 is 1.05 bits per heavy atom. The summed E-state index contributed by atoms with van der Waals surface area (Å²) in [6.07, 6.45) is 3.89. The third-order valence-corrected chi connectivity index (χ3v) is 3.37. The predicted molar refractivity (Wildman–Crippen MR) is 88.8 cm³/mol. The van der Waals surface area contributed by atoms with Gasteiger partial charge in [0.2, 0.25) is 0 Å². The molecule has 0 amide bonds. The molecule has 108 valence electrons. The Labute approximate surface area is 133 Å². The molecule has 0 spiro atoms. The van der Waals surface area contributed by atoms with Crippen molar-refractivity contribution >= 4 is 28.3 Å². The van der Waals surface area contributed by atoms with Crippen LogP contribution in [-0.2, 0) is 0 Å². The Kier molecular flexibility index (Phi) is 4.47. The minimum Gasteiger partial charge on any atom is -0.368 e. The molecule has 0 aliphatic heterocycles. The van der Waals surface area contributed by atoms with Crippen LogP contribution in [0.25, 0.3) is 10.9 Å². The van der Waals surface area contributed by atoms with Gasteiger partial charge in [-0.05, 0) is 24.3 Å². The van der Waals surface area contributed by atoms with Crippen LogP contribution in [0, 0.1) is 11.8 Å². The second-order valence-corrected chi connectivity index (χ2v) is 4.92. The van der Waals surface area contributed by atoms with Gasteiger partial charge in [-0.2, -0.15) is 0 Å². The Morgan fingerprint density at radius 3 is 2.86 bits per heavy atom. The average molecular weight is 309 g/mol. The van der Waals surface area contributed by atoms with Gasteiger partial charge in [-0.15, -0.1) is 0 Å². The Morgan fingerprint density at radius 2 is 1.95 bits per heavy atom. The minimum absolute atomic E-state index is 0.435. The van der Waals surface area contributed by atoms with Crippen molar-refractivity contribution in [1.82, 2.24) is 15.0 Å². The van der Waals surface area contributed by atoms with E-state index in [1.807, 2.05) is 36.4 Å². The maximum absolute atomic E-state index is 5.95. The van der Waals surface area contributed by atoms with Crippen LogP contribution in [0.4, 0.5) is 5.82 Å². The van der Waals surface area contributed by atoms with Gasteiger partial charge in [0, 0.05) is 24.5 Å². The van der Waals surface area contributed by atoms with Crippen molar-refractivity contribution in [2.75, 3.05) is 11.9 Å². The summed E-state index contributed by atoms with van der Waals surface area (Å²) in [5, 5.41) is 4.73. The van der Waals surface area contributed by atoms with Crippen molar-refractivity contribution < 1.29 is 0 Å². The highest BCUT2D eigenvalue weighted by atomic mass is 35.5. The summed E-state index contributed by atoms with van der Waals surface area (Å²) in [4.78, 5) is 12.5. The van der Waals surface area contributed by atoms with E-state index in [0.29, 0.717) is 18.1 Å². The molecule has 3 aromatic rings. The van der Waals surface area contributed by atoms with Crippen molar-refractivity contribution in [3.05, 3.63) is 59.6 Å². The number of pyridine rings is 1. The van der Waals surface area contributed by atoms with Gasteiger partial charge in [-0.3, -0.25) is 0 Å². The number of benzene rings is 1. The summed E-state index contributed by atoms with van der Waals surface area (Å²) in [5.74, 6) is 6.93. The van der Waals surface area contributed by atoms with Crippen LogP contribution in [0.2, 0.25) is 5.15 Å². The Hall–Kier alpha value is -2.64. The Balaban J connectivity index is 1.63. The summed E-state index contributed by atoms with van der Waals surface area (Å²) in [6.45, 7) is 0.700. The fourth-order valence-corrected chi connectivity index (χ4v) is 2.19. The molecule has 3 rings (SSSR count). The summed E-state index contributed by atoms with van der Waals surface area (Å²) < 4.78 is 0. The van der Waals surface area contributed by atoms with Gasteiger partial charge in [-0.1, -0.05) is 35.6 Å². The highest BCUT2D eigenvalue weighted by Crippen LogP contribution is 2.18. The lowest BCUT2D eigenvalue weighted by Gasteiger charge is -2.05. The molecule has 0 aliphatic rings. The highest BCUT2D eigenvalue weighted by molar-refractivity contribution is 6.30. The molecular weight excluding hydrogens is 296 g/mol. The van der Waals surface area contributed by atoms with Crippen molar-refractivity contribution in [3.8, 4) is 11.8 Å². The van der Waals surface area contributed by atoms with Gasteiger partial charge in [-0.25, -0.2) is 15.0 Å². The quantitative estimate of drug-likeness (QED) is 0.457. The fraction of sp³-hybridized carbons (Fsp3) is 0.118. The smallest absolute Gasteiger partial charge is 0.144 e. The van der Waals surface area contributed by atoms with Crippen LogP contribution in [0.5, 0.6) is 0 Å². The second kappa shape index (κ2) is 6.88. The van der Waals surface area contributed by atoms with Crippen molar-refractivity contribution in [1.29, 1.82) is 0 Å². The third kappa shape index (κ3) is 3.33. The molecular formula is C17H13ClN4. The van der Waals surface area contributed by atoms with E-state index >= 15 is 0 Å². The number of rotatable bonds is 3. The number of hydrogen-bond acceptors (Lipinski definition) is 4. The van der Waals surface area contributed by atoms with Gasteiger partial charge >= 0.3 is 0 Å². The molecule has 0 unspecified atom stereocenters. The summed E-state index contributed by atoms with van der Waals surface area (Å²) >= 11 is 5.95. The molecule has 0 saturated heterocycles. The molecule has 0 atom stereocenters. The second-order valence-electron chi connectivity index (χ2n) is 4.56. The van der Waals surface area contributed by atoms with E-state index in [9.17, 15) is 0 Å². The van der Waals surface area contributed by atoms with Crippen molar-refractivity contribution in [2.45, 2.75) is 6.42 Å². The van der Waals surface area contributed by atoms with Crippen LogP contribution in [0.3, 0.4) is 0 Å². The summed E-state index contributed by atoms with van der Waals surface area (Å²) in [6, 6.07) is 11.6. The number of halogens is 1. The zero-order valence-corrected chi connectivity index (χ0v) is 12.5. The van der Waals surface area contributed by atoms with E-state index in [-0.39, 0.29) is 0 Å². The van der Waals surface area contributed by atoms with Gasteiger partial charge in [0.1, 0.15) is 17.3 Å². The van der Waals surface area contributed by atoms with Crippen LogP contribution in [-0.4, -0.2) is 21.5 Å².